The van der Waals surface area contributed by atoms with Crippen molar-refractivity contribution in [2.45, 2.75) is 13.0 Å². The first-order chi connectivity index (χ1) is 11.8. The quantitative estimate of drug-likeness (QED) is 0.562. The Kier molecular flexibility index (Phi) is 5.33. The summed E-state index contributed by atoms with van der Waals surface area (Å²) in [6.07, 6.45) is -1.12. The lowest BCUT2D eigenvalue weighted by molar-refractivity contribution is -0.123. The number of benzene rings is 2. The Balaban J connectivity index is 1.99. The van der Waals surface area contributed by atoms with Crippen molar-refractivity contribution in [3.63, 3.8) is 0 Å². The maximum absolute atomic E-state index is 13.0. The van der Waals surface area contributed by atoms with Crippen molar-refractivity contribution < 1.29 is 23.5 Å². The molecule has 0 aliphatic rings. The van der Waals surface area contributed by atoms with E-state index in [9.17, 15) is 18.8 Å². The standard InChI is InChI=1S/C17H16FN3O4/c1-9(25-17(24)13-7-4-11(18)8-14(13)19)16(23)21-12-5-2-10(3-6-12)15(20)22/h2-9H,19H2,1H3,(H2,20,22)(H,21,23)/t9-/m0/s1. The lowest BCUT2D eigenvalue weighted by Gasteiger charge is -2.14. The van der Waals surface area contributed by atoms with E-state index in [0.29, 0.717) is 11.3 Å². The molecular formula is C17H16FN3O4. The number of rotatable bonds is 5. The van der Waals surface area contributed by atoms with Crippen molar-refractivity contribution in [1.82, 2.24) is 0 Å². The van der Waals surface area contributed by atoms with Crippen LogP contribution in [0.4, 0.5) is 15.8 Å². The minimum absolute atomic E-state index is 0.0353. The Morgan fingerprint density at radius 1 is 1.12 bits per heavy atom. The average Bonchev–Trinajstić information content (AvgIpc) is 2.55. The number of carbonyl (C=O) groups is 3. The monoisotopic (exact) mass is 345 g/mol. The van der Waals surface area contributed by atoms with Crippen LogP contribution in [0.2, 0.25) is 0 Å². The molecule has 2 amide bonds. The summed E-state index contributed by atoms with van der Waals surface area (Å²) in [5.74, 6) is -2.60. The van der Waals surface area contributed by atoms with Crippen molar-refractivity contribution in [3.05, 3.63) is 59.4 Å². The summed E-state index contributed by atoms with van der Waals surface area (Å²) in [5, 5.41) is 2.53. The molecule has 0 saturated heterocycles. The van der Waals surface area contributed by atoms with Gasteiger partial charge in [-0.25, -0.2) is 9.18 Å². The van der Waals surface area contributed by atoms with Gasteiger partial charge in [-0.05, 0) is 49.4 Å². The molecular weight excluding hydrogens is 329 g/mol. The van der Waals surface area contributed by atoms with E-state index in [4.69, 9.17) is 16.2 Å². The third-order valence-electron chi connectivity index (χ3n) is 3.32. The Labute approximate surface area is 142 Å². The largest absolute Gasteiger partial charge is 0.449 e. The molecule has 2 aromatic rings. The highest BCUT2D eigenvalue weighted by molar-refractivity contribution is 5.99. The van der Waals surface area contributed by atoms with Crippen LogP contribution < -0.4 is 16.8 Å². The van der Waals surface area contributed by atoms with E-state index in [-0.39, 0.29) is 11.3 Å². The molecule has 0 unspecified atom stereocenters. The highest BCUT2D eigenvalue weighted by Gasteiger charge is 2.20. The second kappa shape index (κ2) is 7.43. The number of halogens is 1. The van der Waals surface area contributed by atoms with Crippen molar-refractivity contribution in [3.8, 4) is 0 Å². The van der Waals surface area contributed by atoms with Gasteiger partial charge in [0.05, 0.1) is 5.56 Å². The van der Waals surface area contributed by atoms with Gasteiger partial charge in [-0.3, -0.25) is 9.59 Å². The normalized spacial score (nSPS) is 11.4. The Bertz CT molecular complexity index is 821. The molecule has 0 aromatic heterocycles. The maximum atomic E-state index is 13.0. The number of hydrogen-bond acceptors (Lipinski definition) is 5. The van der Waals surface area contributed by atoms with Crippen molar-refractivity contribution in [2.75, 3.05) is 11.1 Å². The fourth-order valence-electron chi connectivity index (χ4n) is 1.96. The van der Waals surface area contributed by atoms with Gasteiger partial charge < -0.3 is 21.5 Å². The molecule has 25 heavy (non-hydrogen) atoms. The Morgan fingerprint density at radius 2 is 1.76 bits per heavy atom. The average molecular weight is 345 g/mol. The number of hydrogen-bond donors (Lipinski definition) is 3. The molecule has 0 heterocycles. The van der Waals surface area contributed by atoms with Crippen LogP contribution in [0.3, 0.4) is 0 Å². The molecule has 7 nitrogen and oxygen atoms in total. The summed E-state index contributed by atoms with van der Waals surface area (Å²) >= 11 is 0. The van der Waals surface area contributed by atoms with E-state index >= 15 is 0 Å². The molecule has 0 aliphatic heterocycles. The minimum atomic E-state index is -1.12. The van der Waals surface area contributed by atoms with Gasteiger partial charge in [0.25, 0.3) is 5.91 Å². The van der Waals surface area contributed by atoms with Crippen LogP contribution >= 0.6 is 0 Å². The zero-order valence-electron chi connectivity index (χ0n) is 13.3. The number of ether oxygens (including phenoxy) is 1. The molecule has 1 atom stereocenters. The molecule has 0 aliphatic carbocycles. The van der Waals surface area contributed by atoms with E-state index in [2.05, 4.69) is 5.32 Å². The highest BCUT2D eigenvalue weighted by atomic mass is 19.1. The number of primary amides is 1. The minimum Gasteiger partial charge on any atom is -0.449 e. The number of amides is 2. The highest BCUT2D eigenvalue weighted by Crippen LogP contribution is 2.16. The lowest BCUT2D eigenvalue weighted by atomic mass is 10.2. The Hall–Kier alpha value is -3.42. The van der Waals surface area contributed by atoms with E-state index < -0.39 is 29.7 Å². The summed E-state index contributed by atoms with van der Waals surface area (Å²) in [7, 11) is 0. The number of nitrogens with two attached hydrogens (primary N) is 2. The van der Waals surface area contributed by atoms with Gasteiger partial charge >= 0.3 is 5.97 Å². The fourth-order valence-corrected chi connectivity index (χ4v) is 1.96. The smallest absolute Gasteiger partial charge is 0.341 e. The topological polar surface area (TPSA) is 125 Å². The van der Waals surface area contributed by atoms with E-state index in [1.54, 1.807) is 0 Å². The first-order valence-corrected chi connectivity index (χ1v) is 7.24. The van der Waals surface area contributed by atoms with Crippen molar-refractivity contribution in [1.29, 1.82) is 0 Å². The van der Waals surface area contributed by atoms with Gasteiger partial charge in [0.2, 0.25) is 5.91 Å². The van der Waals surface area contributed by atoms with Crippen LogP contribution in [0.15, 0.2) is 42.5 Å². The van der Waals surface area contributed by atoms with Crippen LogP contribution in [-0.4, -0.2) is 23.9 Å². The number of nitrogens with one attached hydrogen (secondary N) is 1. The van der Waals surface area contributed by atoms with Crippen LogP contribution in [0.5, 0.6) is 0 Å². The van der Waals surface area contributed by atoms with E-state index in [1.165, 1.54) is 37.3 Å². The molecule has 5 N–H and O–H groups in total. The summed E-state index contributed by atoms with van der Waals surface area (Å²) in [6.45, 7) is 1.38. The molecule has 0 fully saturated rings. The van der Waals surface area contributed by atoms with Crippen LogP contribution in [0.1, 0.15) is 27.6 Å². The molecule has 2 aromatic carbocycles. The predicted molar refractivity (Wildman–Crippen MR) is 89.3 cm³/mol. The molecule has 0 radical (unpaired) electrons. The SMILES string of the molecule is C[C@H](OC(=O)c1ccc(F)cc1N)C(=O)Nc1ccc(C(N)=O)cc1. The van der Waals surface area contributed by atoms with Crippen molar-refractivity contribution >= 4 is 29.2 Å². The van der Waals surface area contributed by atoms with E-state index in [1.807, 2.05) is 0 Å². The maximum Gasteiger partial charge on any atom is 0.341 e. The molecule has 0 bridgehead atoms. The number of esters is 1. The third kappa shape index (κ3) is 4.54. The zero-order valence-corrected chi connectivity index (χ0v) is 13.3. The summed E-state index contributed by atoms with van der Waals surface area (Å²) in [6, 6.07) is 9.12. The molecule has 0 spiro atoms. The summed E-state index contributed by atoms with van der Waals surface area (Å²) in [5.41, 5.74) is 11.3. The van der Waals surface area contributed by atoms with Gasteiger partial charge in [-0.2, -0.15) is 0 Å². The van der Waals surface area contributed by atoms with Crippen LogP contribution in [0.25, 0.3) is 0 Å². The second-order valence-corrected chi connectivity index (χ2v) is 5.21. The fraction of sp³-hybridized carbons (Fsp3) is 0.118. The van der Waals surface area contributed by atoms with E-state index in [0.717, 1.165) is 12.1 Å². The van der Waals surface area contributed by atoms with Gasteiger partial charge in [0.1, 0.15) is 5.82 Å². The Morgan fingerprint density at radius 3 is 2.32 bits per heavy atom. The van der Waals surface area contributed by atoms with Gasteiger partial charge in [0.15, 0.2) is 6.10 Å². The first-order valence-electron chi connectivity index (χ1n) is 7.24. The van der Waals surface area contributed by atoms with Crippen LogP contribution in [0, 0.1) is 5.82 Å². The number of nitrogen functional groups attached to an aromatic ring is 1. The molecule has 2 rings (SSSR count). The first kappa shape index (κ1) is 17.9. The third-order valence-corrected chi connectivity index (χ3v) is 3.32. The molecule has 0 saturated carbocycles. The summed E-state index contributed by atoms with van der Waals surface area (Å²) < 4.78 is 18.0. The summed E-state index contributed by atoms with van der Waals surface area (Å²) in [4.78, 5) is 35.1. The number of carbonyl (C=O) groups excluding carboxylic acids is 3. The lowest BCUT2D eigenvalue weighted by Crippen LogP contribution is -2.30. The second-order valence-electron chi connectivity index (χ2n) is 5.21. The van der Waals surface area contributed by atoms with Gasteiger partial charge in [0, 0.05) is 16.9 Å². The van der Waals surface area contributed by atoms with Crippen molar-refractivity contribution in [2.24, 2.45) is 5.73 Å². The van der Waals surface area contributed by atoms with Gasteiger partial charge in [-0.15, -0.1) is 0 Å². The zero-order chi connectivity index (χ0) is 18.6. The molecule has 8 heteroatoms. The van der Waals surface area contributed by atoms with Gasteiger partial charge in [-0.1, -0.05) is 0 Å². The van der Waals surface area contributed by atoms with Crippen LogP contribution in [-0.2, 0) is 9.53 Å². The number of anilines is 2. The molecule has 130 valence electrons. The predicted octanol–water partition coefficient (Wildman–Crippen LogP) is 1.69.